The van der Waals surface area contributed by atoms with Crippen LogP contribution in [0.2, 0.25) is 0 Å². The van der Waals surface area contributed by atoms with Crippen LogP contribution in [0.25, 0.3) is 0 Å². The number of rotatable bonds is 4. The first-order chi connectivity index (χ1) is 9.43. The molecule has 0 aliphatic heterocycles. The van der Waals surface area contributed by atoms with Gasteiger partial charge in [0.1, 0.15) is 18.1 Å². The van der Waals surface area contributed by atoms with E-state index in [1.807, 2.05) is 0 Å². The molecule has 0 N–H and O–H groups in total. The van der Waals surface area contributed by atoms with E-state index in [0.717, 1.165) is 0 Å². The Morgan fingerprint density at radius 3 is 2.70 bits per heavy atom. The lowest BCUT2D eigenvalue weighted by molar-refractivity contribution is -0.386. The Bertz CT molecular complexity index is 672. The van der Waals surface area contributed by atoms with Gasteiger partial charge >= 0.3 is 11.7 Å². The van der Waals surface area contributed by atoms with Crippen molar-refractivity contribution in [2.45, 2.75) is 20.5 Å². The molecule has 0 amide bonds. The summed E-state index contributed by atoms with van der Waals surface area (Å²) < 4.78 is 7.47. The zero-order valence-electron chi connectivity index (χ0n) is 11.2. The Kier molecular flexibility index (Phi) is 3.51. The number of carbonyl (C=O) groups is 1. The van der Waals surface area contributed by atoms with Gasteiger partial charge in [0, 0.05) is 6.20 Å². The van der Waals surface area contributed by atoms with Crippen molar-refractivity contribution in [2.24, 2.45) is 0 Å². The van der Waals surface area contributed by atoms with Crippen LogP contribution in [-0.4, -0.2) is 37.6 Å². The summed E-state index contributed by atoms with van der Waals surface area (Å²) in [4.78, 5) is 21.7. The zero-order valence-corrected chi connectivity index (χ0v) is 11.2. The highest BCUT2D eigenvalue weighted by atomic mass is 16.6. The van der Waals surface area contributed by atoms with E-state index in [2.05, 4.69) is 14.9 Å². The van der Waals surface area contributed by atoms with Gasteiger partial charge in [0.2, 0.25) is 0 Å². The summed E-state index contributed by atoms with van der Waals surface area (Å²) >= 11 is 0. The van der Waals surface area contributed by atoms with Crippen LogP contribution >= 0.6 is 0 Å². The first-order valence-corrected chi connectivity index (χ1v) is 5.74. The summed E-state index contributed by atoms with van der Waals surface area (Å²) in [5, 5.41) is 19.0. The van der Waals surface area contributed by atoms with E-state index in [0.29, 0.717) is 11.4 Å². The van der Waals surface area contributed by atoms with Gasteiger partial charge in [-0.05, 0) is 19.9 Å². The first kappa shape index (κ1) is 13.7. The van der Waals surface area contributed by atoms with Gasteiger partial charge in [0.05, 0.1) is 12.0 Å². The highest BCUT2D eigenvalue weighted by molar-refractivity contribution is 5.86. The summed E-state index contributed by atoms with van der Waals surface area (Å²) in [7, 11) is 1.27. The molecule has 2 aromatic heterocycles. The smallest absolute Gasteiger partial charge is 0.358 e. The van der Waals surface area contributed by atoms with Crippen LogP contribution in [0.4, 0.5) is 5.69 Å². The van der Waals surface area contributed by atoms with E-state index in [4.69, 9.17) is 0 Å². The van der Waals surface area contributed by atoms with Crippen molar-refractivity contribution >= 4 is 11.7 Å². The third-order valence-electron chi connectivity index (χ3n) is 2.84. The van der Waals surface area contributed by atoms with E-state index in [-0.39, 0.29) is 18.1 Å². The molecule has 0 radical (unpaired) electrons. The Labute approximate surface area is 113 Å². The average molecular weight is 279 g/mol. The summed E-state index contributed by atoms with van der Waals surface area (Å²) in [5.74, 6) is -0.539. The Morgan fingerprint density at radius 2 is 2.15 bits per heavy atom. The van der Waals surface area contributed by atoms with E-state index in [1.54, 1.807) is 20.0 Å². The quantitative estimate of drug-likeness (QED) is 0.467. The lowest BCUT2D eigenvalue weighted by atomic mass is 10.3. The molecule has 9 heteroatoms. The summed E-state index contributed by atoms with van der Waals surface area (Å²) in [5.41, 5.74) is 0.935. The van der Waals surface area contributed by atoms with Gasteiger partial charge in [-0.3, -0.25) is 14.8 Å². The Hall–Kier alpha value is -2.71. The molecule has 0 aromatic carbocycles. The maximum Gasteiger partial charge on any atom is 0.358 e. The first-order valence-electron chi connectivity index (χ1n) is 5.74. The topological polar surface area (TPSA) is 105 Å². The van der Waals surface area contributed by atoms with Gasteiger partial charge in [-0.15, -0.1) is 0 Å². The van der Waals surface area contributed by atoms with Gasteiger partial charge in [-0.25, -0.2) is 9.48 Å². The number of aromatic nitrogens is 4. The summed E-state index contributed by atoms with van der Waals surface area (Å²) in [6.45, 7) is 3.37. The fourth-order valence-electron chi connectivity index (χ4n) is 1.88. The molecule has 0 bridgehead atoms. The molecular formula is C11H13N5O4. The molecule has 20 heavy (non-hydrogen) atoms. The third kappa shape index (κ3) is 2.37. The molecule has 106 valence electrons. The SMILES string of the molecule is COC(=O)c1ccn(Cn2nc(C)c([N+](=O)[O-])c2C)n1. The van der Waals surface area contributed by atoms with Crippen molar-refractivity contribution in [3.8, 4) is 0 Å². The number of esters is 1. The second-order valence-corrected chi connectivity index (χ2v) is 4.15. The molecule has 0 saturated carbocycles. The molecule has 0 fully saturated rings. The average Bonchev–Trinajstić information content (AvgIpc) is 2.95. The second kappa shape index (κ2) is 5.11. The van der Waals surface area contributed by atoms with Crippen LogP contribution in [0.5, 0.6) is 0 Å². The molecule has 2 rings (SSSR count). The van der Waals surface area contributed by atoms with Crippen molar-refractivity contribution in [1.29, 1.82) is 0 Å². The molecule has 0 unspecified atom stereocenters. The predicted molar refractivity (Wildman–Crippen MR) is 67.3 cm³/mol. The molecule has 2 heterocycles. The standard InChI is InChI=1S/C11H13N5O4/c1-7-10(16(18)19)8(2)15(12-7)6-14-5-4-9(13-14)11(17)20-3/h4-5H,6H2,1-3H3. The van der Waals surface area contributed by atoms with Crippen molar-refractivity contribution in [1.82, 2.24) is 19.6 Å². The van der Waals surface area contributed by atoms with Crippen LogP contribution in [0.1, 0.15) is 21.9 Å². The van der Waals surface area contributed by atoms with Gasteiger partial charge in [0.15, 0.2) is 5.69 Å². The normalized spacial score (nSPS) is 10.6. The van der Waals surface area contributed by atoms with E-state index in [1.165, 1.54) is 22.5 Å². The minimum Gasteiger partial charge on any atom is -0.464 e. The minimum atomic E-state index is -0.539. The predicted octanol–water partition coefficient (Wildman–Crippen LogP) is 0.897. The van der Waals surface area contributed by atoms with E-state index < -0.39 is 10.9 Å². The summed E-state index contributed by atoms with van der Waals surface area (Å²) in [6, 6.07) is 1.51. The molecular weight excluding hydrogens is 266 g/mol. The number of ether oxygens (including phenoxy) is 1. The van der Waals surface area contributed by atoms with Crippen LogP contribution < -0.4 is 0 Å². The number of aryl methyl sites for hydroxylation is 1. The van der Waals surface area contributed by atoms with E-state index >= 15 is 0 Å². The van der Waals surface area contributed by atoms with Crippen molar-refractivity contribution in [2.75, 3.05) is 7.11 Å². The Morgan fingerprint density at radius 1 is 1.45 bits per heavy atom. The van der Waals surface area contributed by atoms with Gasteiger partial charge in [-0.2, -0.15) is 10.2 Å². The van der Waals surface area contributed by atoms with Crippen molar-refractivity contribution in [3.05, 3.63) is 39.5 Å². The van der Waals surface area contributed by atoms with Crippen LogP contribution in [0.3, 0.4) is 0 Å². The van der Waals surface area contributed by atoms with Gasteiger partial charge < -0.3 is 4.74 Å². The highest BCUT2D eigenvalue weighted by Gasteiger charge is 2.22. The van der Waals surface area contributed by atoms with Crippen molar-refractivity contribution in [3.63, 3.8) is 0 Å². The molecule has 0 saturated heterocycles. The second-order valence-electron chi connectivity index (χ2n) is 4.15. The number of methoxy groups -OCH3 is 1. The van der Waals surface area contributed by atoms with Crippen LogP contribution in [0, 0.1) is 24.0 Å². The maximum absolute atomic E-state index is 11.3. The third-order valence-corrected chi connectivity index (χ3v) is 2.84. The van der Waals surface area contributed by atoms with Gasteiger partial charge in [0.25, 0.3) is 0 Å². The van der Waals surface area contributed by atoms with Crippen molar-refractivity contribution < 1.29 is 14.5 Å². The van der Waals surface area contributed by atoms with E-state index in [9.17, 15) is 14.9 Å². The largest absolute Gasteiger partial charge is 0.464 e. The maximum atomic E-state index is 11.3. The lowest BCUT2D eigenvalue weighted by Crippen LogP contribution is -2.13. The molecule has 0 spiro atoms. The molecule has 9 nitrogen and oxygen atoms in total. The van der Waals surface area contributed by atoms with Crippen LogP contribution in [0.15, 0.2) is 12.3 Å². The number of carbonyl (C=O) groups excluding carboxylic acids is 1. The monoisotopic (exact) mass is 279 g/mol. The molecule has 0 aliphatic carbocycles. The fraction of sp³-hybridized carbons (Fsp3) is 0.364. The Balaban J connectivity index is 2.27. The fourth-order valence-corrected chi connectivity index (χ4v) is 1.88. The molecule has 0 aliphatic rings. The summed E-state index contributed by atoms with van der Waals surface area (Å²) in [6.07, 6.45) is 1.58. The number of hydrogen-bond acceptors (Lipinski definition) is 6. The number of nitro groups is 1. The molecule has 0 atom stereocenters. The lowest BCUT2D eigenvalue weighted by Gasteiger charge is -2.03. The zero-order chi connectivity index (χ0) is 14.9. The minimum absolute atomic E-state index is 0.00894. The number of nitrogens with zero attached hydrogens (tertiary/aromatic N) is 5. The number of hydrogen-bond donors (Lipinski definition) is 0. The highest BCUT2D eigenvalue weighted by Crippen LogP contribution is 2.21. The van der Waals surface area contributed by atoms with Gasteiger partial charge in [-0.1, -0.05) is 0 Å². The molecule has 2 aromatic rings. The van der Waals surface area contributed by atoms with Crippen LogP contribution in [-0.2, 0) is 11.4 Å².